The van der Waals surface area contributed by atoms with Crippen LogP contribution in [0.2, 0.25) is 0 Å². The van der Waals surface area contributed by atoms with Crippen LogP contribution in [0.5, 0.6) is 0 Å². The van der Waals surface area contributed by atoms with E-state index >= 15 is 0 Å². The minimum Gasteiger partial charge on any atom is -0.355 e. The summed E-state index contributed by atoms with van der Waals surface area (Å²) in [4.78, 5) is 2.73. The van der Waals surface area contributed by atoms with E-state index in [1.54, 1.807) is 0 Å². The van der Waals surface area contributed by atoms with Crippen molar-refractivity contribution in [2.75, 3.05) is 10.2 Å². The largest absolute Gasteiger partial charge is 0.355 e. The molecule has 6 aromatic carbocycles. The maximum Gasteiger partial charge on any atom is 0.198 e. The van der Waals surface area contributed by atoms with E-state index in [0.717, 1.165) is 7.28 Å². The Kier molecular flexibility index (Phi) is 9.52. The van der Waals surface area contributed by atoms with Gasteiger partial charge in [0.1, 0.15) is 0 Å². The maximum absolute atomic E-state index is 4.18. The Morgan fingerprint density at radius 2 is 1.06 bits per heavy atom. The quantitative estimate of drug-likeness (QED) is 0.177. The Morgan fingerprint density at radius 3 is 1.71 bits per heavy atom. The molecule has 1 aromatic heterocycles. The molecule has 0 spiro atoms. The fourth-order valence-electron chi connectivity index (χ4n) is 12.9. The number of nitrogens with one attached hydrogen (secondary N) is 1. The number of benzene rings is 6. The summed E-state index contributed by atoms with van der Waals surface area (Å²) < 4.78 is 2.71. The molecule has 338 valence electrons. The molecule has 0 fully saturated rings. The zero-order valence-corrected chi connectivity index (χ0v) is 43.3. The van der Waals surface area contributed by atoms with Crippen LogP contribution in [0.3, 0.4) is 0 Å². The highest BCUT2D eigenvalue weighted by Gasteiger charge is 2.42. The standard InChI is InChI=1S/C62H71BN2S/c1-36-29-41(40-33-45-46(61(11,12)27-26-60(45,9)10)34-49(40)64-38-19-20-42-44(32-38)59(7,8)24-23-57(42,3)4)55-51(30-36)65(50-35-47-43(31-37(50)2)58(5,6)25-28-62(47,13)14)56-48(63-55)21-22-53-54(56)39-17-15-16-18-52(39)66-53/h15-22,29-35,63-64H,23-28H2,1-14H3. The lowest BCUT2D eigenvalue weighted by Crippen LogP contribution is -2.42. The number of anilines is 5. The van der Waals surface area contributed by atoms with E-state index in [0.29, 0.717) is 0 Å². The third-order valence-electron chi connectivity index (χ3n) is 17.6. The van der Waals surface area contributed by atoms with Crippen LogP contribution >= 0.6 is 11.3 Å². The van der Waals surface area contributed by atoms with Gasteiger partial charge in [0.25, 0.3) is 0 Å². The van der Waals surface area contributed by atoms with Crippen LogP contribution in [0, 0.1) is 13.8 Å². The summed E-state index contributed by atoms with van der Waals surface area (Å²) in [6, 6.07) is 36.7. The van der Waals surface area contributed by atoms with Crippen LogP contribution in [0.4, 0.5) is 28.4 Å². The van der Waals surface area contributed by atoms with Gasteiger partial charge in [-0.15, -0.1) is 11.3 Å². The first-order chi connectivity index (χ1) is 31.0. The van der Waals surface area contributed by atoms with Gasteiger partial charge in [-0.05, 0) is 189 Å². The van der Waals surface area contributed by atoms with Gasteiger partial charge in [0.05, 0.1) is 0 Å². The second-order valence-electron chi connectivity index (χ2n) is 25.2. The molecule has 2 nitrogen and oxygen atoms in total. The summed E-state index contributed by atoms with van der Waals surface area (Å²) in [5.74, 6) is 0. The first-order valence-electron chi connectivity index (χ1n) is 25.1. The summed E-state index contributed by atoms with van der Waals surface area (Å²) in [5, 5.41) is 6.92. The van der Waals surface area contributed by atoms with Gasteiger partial charge in [-0.2, -0.15) is 0 Å². The van der Waals surface area contributed by atoms with Crippen LogP contribution in [0.15, 0.2) is 91.0 Å². The molecule has 0 atom stereocenters. The summed E-state index contributed by atoms with van der Waals surface area (Å²) in [5.41, 5.74) is 24.1. The van der Waals surface area contributed by atoms with Crippen molar-refractivity contribution in [2.24, 2.45) is 0 Å². The second kappa shape index (κ2) is 14.4. The van der Waals surface area contributed by atoms with E-state index in [-0.39, 0.29) is 32.5 Å². The van der Waals surface area contributed by atoms with Crippen molar-refractivity contribution in [3.8, 4) is 11.1 Å². The maximum atomic E-state index is 4.18. The van der Waals surface area contributed by atoms with Gasteiger partial charge in [-0.3, -0.25) is 0 Å². The van der Waals surface area contributed by atoms with Gasteiger partial charge in [0, 0.05) is 54.2 Å². The van der Waals surface area contributed by atoms with Crippen LogP contribution in [0.1, 0.15) is 166 Å². The Balaban J connectivity index is 1.19. The molecule has 1 aliphatic heterocycles. The number of hydrogen-bond acceptors (Lipinski definition) is 3. The number of rotatable bonds is 4. The zero-order chi connectivity index (χ0) is 46.7. The second-order valence-corrected chi connectivity index (χ2v) is 26.3. The molecule has 0 saturated carbocycles. The van der Waals surface area contributed by atoms with Gasteiger partial charge in [0.15, 0.2) is 7.28 Å². The van der Waals surface area contributed by atoms with Crippen molar-refractivity contribution in [1.29, 1.82) is 0 Å². The van der Waals surface area contributed by atoms with Gasteiger partial charge < -0.3 is 10.2 Å². The molecule has 7 aromatic rings. The number of hydrogen-bond donors (Lipinski definition) is 1. The van der Waals surface area contributed by atoms with Crippen LogP contribution < -0.4 is 21.1 Å². The SMILES string of the molecule is Cc1cc(-c2cc3c(cc2Nc2ccc4c(c2)C(C)(C)CCC4(C)C)C(C)(C)CCC3(C)C)c2c(c1)N(c1cc3c(cc1C)C(C)(C)CCC3(C)C)c1c(ccc3sc4ccccc4c13)B2. The number of thiophene rings is 1. The smallest absolute Gasteiger partial charge is 0.198 e. The van der Waals surface area contributed by atoms with Crippen LogP contribution in [-0.2, 0) is 32.5 Å². The molecule has 2 heterocycles. The fourth-order valence-corrected chi connectivity index (χ4v) is 14.0. The highest BCUT2D eigenvalue weighted by molar-refractivity contribution is 7.26. The van der Waals surface area contributed by atoms with Crippen molar-refractivity contribution in [2.45, 2.75) is 168 Å². The minimum atomic E-state index is 0.0640. The van der Waals surface area contributed by atoms with Crippen LogP contribution in [0.25, 0.3) is 31.3 Å². The Morgan fingerprint density at radius 1 is 0.500 bits per heavy atom. The van der Waals surface area contributed by atoms with E-state index < -0.39 is 0 Å². The number of nitrogens with zero attached hydrogens (tertiary/aromatic N) is 1. The third-order valence-corrected chi connectivity index (χ3v) is 18.8. The van der Waals surface area contributed by atoms with Gasteiger partial charge in [0.2, 0.25) is 0 Å². The van der Waals surface area contributed by atoms with E-state index in [1.807, 2.05) is 11.3 Å². The molecule has 0 saturated heterocycles. The minimum absolute atomic E-state index is 0.0640. The first-order valence-corrected chi connectivity index (χ1v) is 25.9. The summed E-state index contributed by atoms with van der Waals surface area (Å²) in [6.07, 6.45) is 7.16. The third kappa shape index (κ3) is 6.69. The Hall–Kier alpha value is -4.80. The molecule has 0 radical (unpaired) electrons. The summed E-state index contributed by atoms with van der Waals surface area (Å²) in [7, 11) is 0.868. The molecular formula is C62H71BN2S. The Bertz CT molecular complexity index is 3190. The molecule has 1 N–H and O–H groups in total. The predicted octanol–water partition coefficient (Wildman–Crippen LogP) is 16.3. The molecule has 0 unspecified atom stereocenters. The highest BCUT2D eigenvalue weighted by atomic mass is 32.1. The molecular weight excluding hydrogens is 816 g/mol. The fraction of sp³-hybridized carbons (Fsp3) is 0.419. The lowest BCUT2D eigenvalue weighted by Gasteiger charge is -2.44. The monoisotopic (exact) mass is 887 g/mol. The average Bonchev–Trinajstić information content (AvgIpc) is 3.64. The molecule has 66 heavy (non-hydrogen) atoms. The molecule has 4 aliphatic rings. The van der Waals surface area contributed by atoms with E-state index in [1.165, 1.54) is 154 Å². The van der Waals surface area contributed by atoms with Gasteiger partial charge >= 0.3 is 0 Å². The highest BCUT2D eigenvalue weighted by Crippen LogP contribution is 2.54. The van der Waals surface area contributed by atoms with Crippen molar-refractivity contribution in [3.05, 3.63) is 136 Å². The molecule has 0 amide bonds. The predicted molar refractivity (Wildman–Crippen MR) is 291 cm³/mol. The first kappa shape index (κ1) is 43.8. The van der Waals surface area contributed by atoms with Crippen LogP contribution in [-0.4, -0.2) is 7.28 Å². The summed E-state index contributed by atoms with van der Waals surface area (Å²) >= 11 is 1.93. The van der Waals surface area contributed by atoms with Crippen molar-refractivity contribution in [1.82, 2.24) is 0 Å². The van der Waals surface area contributed by atoms with E-state index in [9.17, 15) is 0 Å². The van der Waals surface area contributed by atoms with Crippen molar-refractivity contribution >= 4 is 78.2 Å². The van der Waals surface area contributed by atoms with E-state index in [4.69, 9.17) is 0 Å². The lowest BCUT2D eigenvalue weighted by atomic mass is 9.57. The molecule has 11 rings (SSSR count). The van der Waals surface area contributed by atoms with Crippen molar-refractivity contribution < 1.29 is 0 Å². The lowest BCUT2D eigenvalue weighted by molar-refractivity contribution is 0.332. The van der Waals surface area contributed by atoms with Crippen molar-refractivity contribution in [3.63, 3.8) is 0 Å². The molecule has 3 aliphatic carbocycles. The topological polar surface area (TPSA) is 15.3 Å². The molecule has 0 bridgehead atoms. The normalized spacial score (nSPS) is 20.1. The van der Waals surface area contributed by atoms with E-state index in [2.05, 4.69) is 198 Å². The average molecular weight is 887 g/mol. The molecule has 4 heteroatoms. The number of aryl methyl sites for hydroxylation is 2. The summed E-state index contributed by atoms with van der Waals surface area (Å²) in [6.45, 7) is 34.2. The zero-order valence-electron chi connectivity index (χ0n) is 42.5. The Labute approximate surface area is 400 Å². The number of fused-ring (bicyclic) bond motifs is 9. The van der Waals surface area contributed by atoms with Gasteiger partial charge in [-0.25, -0.2) is 0 Å². The van der Waals surface area contributed by atoms with Gasteiger partial charge in [-0.1, -0.05) is 131 Å².